The molecule has 0 aromatic heterocycles. The third-order valence-electron chi connectivity index (χ3n) is 5.38. The normalized spacial score (nSPS) is 28.6. The van der Waals surface area contributed by atoms with E-state index in [0.29, 0.717) is 6.42 Å². The molecule has 1 saturated carbocycles. The molecule has 0 bridgehead atoms. The maximum absolute atomic E-state index is 10.7. The first-order chi connectivity index (χ1) is 10.1. The first kappa shape index (κ1) is 16.0. The highest BCUT2D eigenvalue weighted by atomic mass is 16.3. The Hall–Kier alpha value is -1.33. The van der Waals surface area contributed by atoms with Gasteiger partial charge in [0.25, 0.3) is 0 Å². The fourth-order valence-corrected chi connectivity index (χ4v) is 3.60. The molecule has 1 aromatic carbocycles. The number of hydrogen-bond donors (Lipinski definition) is 1. The Balaban J connectivity index is 2.01. The molecule has 1 fully saturated rings. The minimum atomic E-state index is -0.519. The highest BCUT2D eigenvalue weighted by molar-refractivity contribution is 5.19. The SMILES string of the molecule is CCC1CCC(C#N)(C(O)CC(C)c2ccccc2)CC1. The molecular formula is C19H27NO. The second-order valence-corrected chi connectivity index (χ2v) is 6.68. The second-order valence-electron chi connectivity index (χ2n) is 6.68. The van der Waals surface area contributed by atoms with Crippen LogP contribution in [0.5, 0.6) is 0 Å². The van der Waals surface area contributed by atoms with Crippen LogP contribution >= 0.6 is 0 Å². The topological polar surface area (TPSA) is 44.0 Å². The van der Waals surface area contributed by atoms with E-state index in [1.54, 1.807) is 0 Å². The van der Waals surface area contributed by atoms with Gasteiger partial charge in [-0.1, -0.05) is 50.6 Å². The van der Waals surface area contributed by atoms with Crippen LogP contribution in [-0.2, 0) is 0 Å². The largest absolute Gasteiger partial charge is 0.391 e. The maximum Gasteiger partial charge on any atom is 0.0832 e. The van der Waals surface area contributed by atoms with Gasteiger partial charge in [-0.15, -0.1) is 0 Å². The summed E-state index contributed by atoms with van der Waals surface area (Å²) in [7, 11) is 0. The third kappa shape index (κ3) is 3.66. The molecule has 2 unspecified atom stereocenters. The van der Waals surface area contributed by atoms with Gasteiger partial charge < -0.3 is 5.11 Å². The summed E-state index contributed by atoms with van der Waals surface area (Å²) in [4.78, 5) is 0. The van der Waals surface area contributed by atoms with E-state index < -0.39 is 11.5 Å². The molecule has 2 rings (SSSR count). The first-order valence-electron chi connectivity index (χ1n) is 8.25. The number of hydrogen-bond acceptors (Lipinski definition) is 2. The van der Waals surface area contributed by atoms with Crippen molar-refractivity contribution in [3.63, 3.8) is 0 Å². The zero-order chi connectivity index (χ0) is 15.3. The highest BCUT2D eigenvalue weighted by Crippen LogP contribution is 2.44. The summed E-state index contributed by atoms with van der Waals surface area (Å²) in [5.41, 5.74) is 0.723. The van der Waals surface area contributed by atoms with Gasteiger partial charge in [-0.3, -0.25) is 0 Å². The van der Waals surface area contributed by atoms with E-state index >= 15 is 0 Å². The molecule has 1 aliphatic rings. The zero-order valence-electron chi connectivity index (χ0n) is 13.3. The third-order valence-corrected chi connectivity index (χ3v) is 5.38. The number of aliphatic hydroxyl groups excluding tert-OH is 1. The van der Waals surface area contributed by atoms with Crippen LogP contribution in [-0.4, -0.2) is 11.2 Å². The Morgan fingerprint density at radius 1 is 1.29 bits per heavy atom. The quantitative estimate of drug-likeness (QED) is 0.855. The fraction of sp³-hybridized carbons (Fsp3) is 0.632. The van der Waals surface area contributed by atoms with E-state index in [4.69, 9.17) is 0 Å². The lowest BCUT2D eigenvalue weighted by molar-refractivity contribution is 0.0161. The molecule has 1 N–H and O–H groups in total. The Labute approximate surface area is 128 Å². The molecule has 2 atom stereocenters. The molecule has 2 nitrogen and oxygen atoms in total. The van der Waals surface area contributed by atoms with Crippen LogP contribution in [0, 0.1) is 22.7 Å². The lowest BCUT2D eigenvalue weighted by Crippen LogP contribution is -2.38. The van der Waals surface area contributed by atoms with Crippen LogP contribution in [0.15, 0.2) is 30.3 Å². The molecule has 21 heavy (non-hydrogen) atoms. The van der Waals surface area contributed by atoms with Gasteiger partial charge in [-0.25, -0.2) is 0 Å². The highest BCUT2D eigenvalue weighted by Gasteiger charge is 2.41. The van der Waals surface area contributed by atoms with Crippen molar-refractivity contribution in [2.45, 2.75) is 64.4 Å². The lowest BCUT2D eigenvalue weighted by Gasteiger charge is -2.39. The minimum Gasteiger partial charge on any atom is -0.391 e. The average molecular weight is 285 g/mol. The summed E-state index contributed by atoms with van der Waals surface area (Å²) in [6.45, 7) is 4.36. The van der Waals surface area contributed by atoms with Crippen LogP contribution in [0.3, 0.4) is 0 Å². The number of aliphatic hydroxyl groups is 1. The number of nitrogens with zero attached hydrogens (tertiary/aromatic N) is 1. The van der Waals surface area contributed by atoms with Crippen molar-refractivity contribution in [3.05, 3.63) is 35.9 Å². The van der Waals surface area contributed by atoms with Gasteiger partial charge in [0.15, 0.2) is 0 Å². The summed E-state index contributed by atoms with van der Waals surface area (Å²) in [5, 5.41) is 20.3. The van der Waals surface area contributed by atoms with Crippen LogP contribution in [0.4, 0.5) is 0 Å². The average Bonchev–Trinajstić information content (AvgIpc) is 2.55. The van der Waals surface area contributed by atoms with Gasteiger partial charge in [0.1, 0.15) is 0 Å². The molecule has 0 aliphatic heterocycles. The summed E-state index contributed by atoms with van der Waals surface area (Å²) >= 11 is 0. The molecule has 0 spiro atoms. The van der Waals surface area contributed by atoms with E-state index in [1.165, 1.54) is 12.0 Å². The predicted octanol–water partition coefficient (Wildman–Crippen LogP) is 4.65. The minimum absolute atomic E-state index is 0.287. The van der Waals surface area contributed by atoms with Gasteiger partial charge in [-0.2, -0.15) is 5.26 Å². The molecule has 1 aromatic rings. The van der Waals surface area contributed by atoms with Crippen molar-refractivity contribution in [3.8, 4) is 6.07 Å². The number of nitriles is 1. The van der Waals surface area contributed by atoms with Gasteiger partial charge in [0.2, 0.25) is 0 Å². The maximum atomic E-state index is 10.7. The van der Waals surface area contributed by atoms with Crippen molar-refractivity contribution in [2.75, 3.05) is 0 Å². The van der Waals surface area contributed by atoms with Crippen molar-refractivity contribution in [1.29, 1.82) is 5.26 Å². The first-order valence-corrected chi connectivity index (χ1v) is 8.25. The summed E-state index contributed by atoms with van der Waals surface area (Å²) in [6, 6.07) is 12.7. The predicted molar refractivity (Wildman–Crippen MR) is 85.8 cm³/mol. The van der Waals surface area contributed by atoms with Gasteiger partial charge in [-0.05, 0) is 49.5 Å². The Bertz CT molecular complexity index is 468. The molecule has 0 saturated heterocycles. The summed E-state index contributed by atoms with van der Waals surface area (Å²) in [6.07, 6.45) is 5.22. The number of rotatable bonds is 5. The van der Waals surface area contributed by atoms with E-state index in [1.807, 2.05) is 18.2 Å². The Kier molecular flexibility index (Phi) is 5.42. The number of benzene rings is 1. The molecule has 0 heterocycles. The lowest BCUT2D eigenvalue weighted by atomic mass is 9.66. The van der Waals surface area contributed by atoms with E-state index in [0.717, 1.165) is 31.6 Å². The summed E-state index contributed by atoms with van der Waals surface area (Å²) in [5.74, 6) is 1.03. The van der Waals surface area contributed by atoms with Crippen LogP contribution in [0.1, 0.15) is 63.9 Å². The fourth-order valence-electron chi connectivity index (χ4n) is 3.60. The molecular weight excluding hydrogens is 258 g/mol. The molecule has 114 valence electrons. The van der Waals surface area contributed by atoms with Crippen molar-refractivity contribution >= 4 is 0 Å². The van der Waals surface area contributed by atoms with Crippen LogP contribution in [0.25, 0.3) is 0 Å². The molecule has 0 radical (unpaired) electrons. The molecule has 1 aliphatic carbocycles. The Morgan fingerprint density at radius 2 is 1.90 bits per heavy atom. The van der Waals surface area contributed by atoms with Gasteiger partial charge >= 0.3 is 0 Å². The standard InChI is InChI=1S/C19H27NO/c1-3-16-9-11-19(14-20,12-10-16)18(21)13-15(2)17-7-5-4-6-8-17/h4-8,15-16,18,21H,3,9-13H2,1-2H3. The summed E-state index contributed by atoms with van der Waals surface area (Å²) < 4.78 is 0. The van der Waals surface area contributed by atoms with Crippen molar-refractivity contribution in [1.82, 2.24) is 0 Å². The van der Waals surface area contributed by atoms with Crippen LogP contribution in [0.2, 0.25) is 0 Å². The van der Waals surface area contributed by atoms with Crippen molar-refractivity contribution in [2.24, 2.45) is 11.3 Å². The molecule has 2 heteroatoms. The second kappa shape index (κ2) is 7.09. The van der Waals surface area contributed by atoms with Gasteiger partial charge in [0.05, 0.1) is 17.6 Å². The monoisotopic (exact) mass is 285 g/mol. The van der Waals surface area contributed by atoms with E-state index in [-0.39, 0.29) is 5.92 Å². The van der Waals surface area contributed by atoms with Crippen LogP contribution < -0.4 is 0 Å². The zero-order valence-corrected chi connectivity index (χ0v) is 13.3. The van der Waals surface area contributed by atoms with E-state index in [2.05, 4.69) is 32.0 Å². The van der Waals surface area contributed by atoms with Crippen molar-refractivity contribution < 1.29 is 5.11 Å². The smallest absolute Gasteiger partial charge is 0.0832 e. The van der Waals surface area contributed by atoms with E-state index in [9.17, 15) is 10.4 Å². The molecule has 0 amide bonds. The Morgan fingerprint density at radius 3 is 2.43 bits per heavy atom. The van der Waals surface area contributed by atoms with Gasteiger partial charge in [0, 0.05) is 0 Å².